The Hall–Kier alpha value is -1.49. The molecule has 0 aliphatic heterocycles. The fourth-order valence-electron chi connectivity index (χ4n) is 2.18. The molecule has 0 spiro atoms. The van der Waals surface area contributed by atoms with Crippen LogP contribution in [0.4, 0.5) is 4.39 Å². The molecule has 0 saturated heterocycles. The van der Waals surface area contributed by atoms with E-state index in [-0.39, 0.29) is 10.8 Å². The molecule has 0 aliphatic carbocycles. The van der Waals surface area contributed by atoms with Crippen molar-refractivity contribution in [2.24, 2.45) is 5.73 Å². The molecule has 0 aliphatic rings. The van der Waals surface area contributed by atoms with Gasteiger partial charge in [0.05, 0.1) is 0 Å². The average molecular weight is 323 g/mol. The van der Waals surface area contributed by atoms with Crippen LogP contribution in [0.15, 0.2) is 42.5 Å². The SMILES string of the molecule is CN(Cc1ccccc1Cl)Cc1ccc(F)cc1C(N)=S. The van der Waals surface area contributed by atoms with Crippen LogP contribution < -0.4 is 5.73 Å². The van der Waals surface area contributed by atoms with E-state index in [1.54, 1.807) is 6.07 Å². The van der Waals surface area contributed by atoms with E-state index in [1.165, 1.54) is 12.1 Å². The minimum Gasteiger partial charge on any atom is -0.389 e. The molecule has 0 bridgehead atoms. The van der Waals surface area contributed by atoms with Crippen molar-refractivity contribution >= 4 is 28.8 Å². The lowest BCUT2D eigenvalue weighted by Gasteiger charge is -2.19. The molecule has 0 unspecified atom stereocenters. The van der Waals surface area contributed by atoms with Crippen molar-refractivity contribution in [3.05, 3.63) is 70.0 Å². The summed E-state index contributed by atoms with van der Waals surface area (Å²) in [5.74, 6) is -0.338. The molecular weight excluding hydrogens is 307 g/mol. The minimum atomic E-state index is -0.338. The summed E-state index contributed by atoms with van der Waals surface area (Å²) < 4.78 is 13.3. The molecule has 0 radical (unpaired) electrons. The molecule has 0 saturated carbocycles. The van der Waals surface area contributed by atoms with Gasteiger partial charge in [0.25, 0.3) is 0 Å². The normalized spacial score (nSPS) is 10.9. The lowest BCUT2D eigenvalue weighted by molar-refractivity contribution is 0.319. The first-order valence-corrected chi connectivity index (χ1v) is 7.26. The second kappa shape index (κ2) is 6.98. The van der Waals surface area contributed by atoms with Crippen LogP contribution >= 0.6 is 23.8 Å². The van der Waals surface area contributed by atoms with Crippen LogP contribution in [0.25, 0.3) is 0 Å². The quantitative estimate of drug-likeness (QED) is 0.850. The first-order valence-electron chi connectivity index (χ1n) is 6.47. The molecule has 2 nitrogen and oxygen atoms in total. The van der Waals surface area contributed by atoms with Crippen molar-refractivity contribution in [2.45, 2.75) is 13.1 Å². The number of nitrogens with two attached hydrogens (primary N) is 1. The molecular formula is C16H16ClFN2S. The van der Waals surface area contributed by atoms with Gasteiger partial charge in [0, 0.05) is 23.7 Å². The Labute approximate surface area is 134 Å². The van der Waals surface area contributed by atoms with Crippen LogP contribution in [0, 0.1) is 5.82 Å². The van der Waals surface area contributed by atoms with Crippen LogP contribution in [0.3, 0.4) is 0 Å². The second-order valence-corrected chi connectivity index (χ2v) is 5.78. The third kappa shape index (κ3) is 4.24. The van der Waals surface area contributed by atoms with Crippen LogP contribution in [0.5, 0.6) is 0 Å². The van der Waals surface area contributed by atoms with Crippen molar-refractivity contribution in [3.8, 4) is 0 Å². The van der Waals surface area contributed by atoms with Gasteiger partial charge in [0.2, 0.25) is 0 Å². The Morgan fingerprint density at radius 1 is 1.19 bits per heavy atom. The molecule has 0 amide bonds. The van der Waals surface area contributed by atoms with Gasteiger partial charge in [0.1, 0.15) is 10.8 Å². The van der Waals surface area contributed by atoms with E-state index in [1.807, 2.05) is 31.3 Å². The first-order chi connectivity index (χ1) is 9.97. The van der Waals surface area contributed by atoms with E-state index in [0.29, 0.717) is 18.7 Å². The Morgan fingerprint density at radius 2 is 1.86 bits per heavy atom. The highest BCUT2D eigenvalue weighted by molar-refractivity contribution is 7.80. The maximum Gasteiger partial charge on any atom is 0.123 e. The number of nitrogens with zero attached hydrogens (tertiary/aromatic N) is 1. The van der Waals surface area contributed by atoms with E-state index < -0.39 is 0 Å². The van der Waals surface area contributed by atoms with E-state index in [9.17, 15) is 4.39 Å². The Bertz CT molecular complexity index is 660. The molecule has 2 rings (SSSR count). The molecule has 0 heterocycles. The number of hydrogen-bond donors (Lipinski definition) is 1. The zero-order valence-corrected chi connectivity index (χ0v) is 13.2. The maximum absolute atomic E-state index is 13.3. The molecule has 2 N–H and O–H groups in total. The van der Waals surface area contributed by atoms with Crippen molar-refractivity contribution in [2.75, 3.05) is 7.05 Å². The summed E-state index contributed by atoms with van der Waals surface area (Å²) in [4.78, 5) is 2.28. The largest absolute Gasteiger partial charge is 0.389 e. The fraction of sp³-hybridized carbons (Fsp3) is 0.188. The van der Waals surface area contributed by atoms with Gasteiger partial charge in [-0.1, -0.05) is 48.1 Å². The summed E-state index contributed by atoms with van der Waals surface area (Å²) in [5, 5.41) is 0.734. The van der Waals surface area contributed by atoms with Gasteiger partial charge < -0.3 is 5.73 Å². The van der Waals surface area contributed by atoms with E-state index in [4.69, 9.17) is 29.6 Å². The van der Waals surface area contributed by atoms with Gasteiger partial charge in [-0.05, 0) is 36.4 Å². The third-order valence-corrected chi connectivity index (χ3v) is 3.76. The van der Waals surface area contributed by atoms with Gasteiger partial charge in [-0.2, -0.15) is 0 Å². The van der Waals surface area contributed by atoms with Gasteiger partial charge in [-0.3, -0.25) is 4.90 Å². The Morgan fingerprint density at radius 3 is 2.52 bits per heavy atom. The highest BCUT2D eigenvalue weighted by atomic mass is 35.5. The number of halogens is 2. The zero-order chi connectivity index (χ0) is 15.4. The number of rotatable bonds is 5. The molecule has 2 aromatic rings. The number of hydrogen-bond acceptors (Lipinski definition) is 2. The van der Waals surface area contributed by atoms with Crippen molar-refractivity contribution in [3.63, 3.8) is 0 Å². The van der Waals surface area contributed by atoms with Gasteiger partial charge in [-0.15, -0.1) is 0 Å². The number of benzene rings is 2. The zero-order valence-electron chi connectivity index (χ0n) is 11.6. The van der Waals surface area contributed by atoms with Crippen LogP contribution in [-0.4, -0.2) is 16.9 Å². The monoisotopic (exact) mass is 322 g/mol. The van der Waals surface area contributed by atoms with Gasteiger partial charge in [0.15, 0.2) is 0 Å². The lowest BCUT2D eigenvalue weighted by Crippen LogP contribution is -2.21. The molecule has 2 aromatic carbocycles. The average Bonchev–Trinajstić information content (AvgIpc) is 2.43. The molecule has 0 aromatic heterocycles. The van der Waals surface area contributed by atoms with Crippen LogP contribution in [0.2, 0.25) is 5.02 Å². The minimum absolute atomic E-state index is 0.204. The summed E-state index contributed by atoms with van der Waals surface area (Å²) in [6.07, 6.45) is 0. The van der Waals surface area contributed by atoms with Crippen molar-refractivity contribution in [1.82, 2.24) is 4.90 Å². The molecule has 110 valence electrons. The summed E-state index contributed by atoms with van der Waals surface area (Å²) in [5.41, 5.74) is 8.18. The summed E-state index contributed by atoms with van der Waals surface area (Å²) >= 11 is 11.1. The Balaban J connectivity index is 2.15. The lowest BCUT2D eigenvalue weighted by atomic mass is 10.1. The van der Waals surface area contributed by atoms with Crippen LogP contribution in [-0.2, 0) is 13.1 Å². The Kier molecular flexibility index (Phi) is 5.28. The highest BCUT2D eigenvalue weighted by Gasteiger charge is 2.10. The predicted molar refractivity (Wildman–Crippen MR) is 88.9 cm³/mol. The topological polar surface area (TPSA) is 29.3 Å². The molecule has 5 heteroatoms. The van der Waals surface area contributed by atoms with E-state index in [0.717, 1.165) is 16.1 Å². The fourth-order valence-corrected chi connectivity index (χ4v) is 2.57. The summed E-state index contributed by atoms with van der Waals surface area (Å²) in [6.45, 7) is 1.30. The second-order valence-electron chi connectivity index (χ2n) is 4.93. The first kappa shape index (κ1) is 15.9. The summed E-state index contributed by atoms with van der Waals surface area (Å²) in [6, 6.07) is 12.2. The van der Waals surface area contributed by atoms with E-state index >= 15 is 0 Å². The molecule has 0 fully saturated rings. The highest BCUT2D eigenvalue weighted by Crippen LogP contribution is 2.19. The van der Waals surface area contributed by atoms with Gasteiger partial charge >= 0.3 is 0 Å². The smallest absolute Gasteiger partial charge is 0.123 e. The standard InChI is InChI=1S/C16H16ClFN2S/c1-20(10-12-4-2-3-5-15(12)17)9-11-6-7-13(18)8-14(11)16(19)21/h2-8H,9-10H2,1H3,(H2,19,21). The van der Waals surface area contributed by atoms with Crippen LogP contribution in [0.1, 0.15) is 16.7 Å². The van der Waals surface area contributed by atoms with Crippen molar-refractivity contribution in [1.29, 1.82) is 0 Å². The number of thiocarbonyl (C=S) groups is 1. The third-order valence-electron chi connectivity index (χ3n) is 3.18. The van der Waals surface area contributed by atoms with E-state index in [2.05, 4.69) is 4.90 Å². The molecule has 21 heavy (non-hydrogen) atoms. The van der Waals surface area contributed by atoms with Gasteiger partial charge in [-0.25, -0.2) is 4.39 Å². The summed E-state index contributed by atoms with van der Waals surface area (Å²) in [7, 11) is 1.97. The van der Waals surface area contributed by atoms with Crippen molar-refractivity contribution < 1.29 is 4.39 Å². The maximum atomic E-state index is 13.3. The molecule has 0 atom stereocenters. The predicted octanol–water partition coefficient (Wildman–Crippen LogP) is 3.75.